The van der Waals surface area contributed by atoms with Crippen molar-refractivity contribution in [1.29, 1.82) is 0 Å². The summed E-state index contributed by atoms with van der Waals surface area (Å²) in [5.41, 5.74) is 5.08. The van der Waals surface area contributed by atoms with E-state index in [1.807, 2.05) is 55.5 Å². The Morgan fingerprint density at radius 2 is 1.74 bits per heavy atom. The molecule has 3 N–H and O–H groups in total. The van der Waals surface area contributed by atoms with Gasteiger partial charge in [-0.1, -0.05) is 48.5 Å². The number of nitrogens with zero attached hydrogens (tertiary/aromatic N) is 2. The van der Waals surface area contributed by atoms with E-state index in [0.717, 1.165) is 27.8 Å². The maximum absolute atomic E-state index is 12.6. The fourth-order valence-electron chi connectivity index (χ4n) is 4.15. The first-order valence-electron chi connectivity index (χ1n) is 11.1. The van der Waals surface area contributed by atoms with Crippen LogP contribution < -0.4 is 10.6 Å². The van der Waals surface area contributed by atoms with E-state index in [0.29, 0.717) is 6.54 Å². The van der Waals surface area contributed by atoms with Crippen LogP contribution in [0.15, 0.2) is 60.9 Å². The van der Waals surface area contributed by atoms with E-state index in [2.05, 4.69) is 15.7 Å². The Kier molecular flexibility index (Phi) is 6.91. The molecule has 0 bridgehead atoms. The molecule has 176 valence electrons. The quantitative estimate of drug-likeness (QED) is 0.449. The van der Waals surface area contributed by atoms with Crippen LogP contribution >= 0.6 is 0 Å². The maximum atomic E-state index is 12.6. The monoisotopic (exact) mass is 462 g/mol. The van der Waals surface area contributed by atoms with Crippen LogP contribution in [0.25, 0.3) is 11.1 Å². The Morgan fingerprint density at radius 3 is 2.32 bits per heavy atom. The number of rotatable bonds is 9. The van der Waals surface area contributed by atoms with Gasteiger partial charge in [-0.15, -0.1) is 0 Å². The largest absolute Gasteiger partial charge is 0.481 e. The van der Waals surface area contributed by atoms with Gasteiger partial charge in [0.1, 0.15) is 12.6 Å². The Balaban J connectivity index is 1.37. The number of carbonyl (C=O) groups is 3. The number of aryl methyl sites for hydroxylation is 1. The smallest absolute Gasteiger partial charge is 0.407 e. The zero-order valence-electron chi connectivity index (χ0n) is 18.7. The number of aromatic nitrogens is 2. The summed E-state index contributed by atoms with van der Waals surface area (Å²) in [4.78, 5) is 36.4. The highest BCUT2D eigenvalue weighted by molar-refractivity contribution is 5.89. The van der Waals surface area contributed by atoms with Crippen molar-refractivity contribution in [3.8, 4) is 11.1 Å². The third kappa shape index (κ3) is 5.09. The number of alkyl carbamates (subject to hydrolysis) is 1. The standard InChI is InChI=1S/C25H26N4O5/c1-2-29-14-16(13-27-29)12-26-24(32)22(11-23(30)31)28-25(33)34-15-21-19-9-5-3-7-17(19)18-8-4-6-10-20(18)21/h3-10,13-14,21-22H,2,11-12,15H2,1H3,(H,26,32)(H,28,33)(H,30,31). The highest BCUT2D eigenvalue weighted by Crippen LogP contribution is 2.44. The van der Waals surface area contributed by atoms with Gasteiger partial charge in [0.2, 0.25) is 5.91 Å². The first-order chi connectivity index (χ1) is 16.5. The van der Waals surface area contributed by atoms with Crippen molar-refractivity contribution in [2.45, 2.75) is 38.4 Å². The number of hydrogen-bond donors (Lipinski definition) is 3. The van der Waals surface area contributed by atoms with Gasteiger partial charge >= 0.3 is 12.1 Å². The van der Waals surface area contributed by atoms with Crippen molar-refractivity contribution in [3.05, 3.63) is 77.6 Å². The summed E-state index contributed by atoms with van der Waals surface area (Å²) < 4.78 is 7.16. The van der Waals surface area contributed by atoms with Gasteiger partial charge in [0.25, 0.3) is 0 Å². The molecule has 1 heterocycles. The van der Waals surface area contributed by atoms with Gasteiger partial charge in [0, 0.05) is 30.8 Å². The summed E-state index contributed by atoms with van der Waals surface area (Å²) in [5.74, 6) is -1.96. The number of fused-ring (bicyclic) bond motifs is 3. The number of carboxylic acids is 1. The zero-order chi connectivity index (χ0) is 24.1. The van der Waals surface area contributed by atoms with Crippen LogP contribution in [0.5, 0.6) is 0 Å². The SMILES string of the molecule is CCn1cc(CNC(=O)C(CC(=O)O)NC(=O)OCC2c3ccccc3-c3ccccc32)cn1. The number of amides is 2. The maximum Gasteiger partial charge on any atom is 0.407 e. The molecular formula is C25H26N4O5. The predicted molar refractivity (Wildman–Crippen MR) is 124 cm³/mol. The number of carboxylic acid groups (broad SMARTS) is 1. The van der Waals surface area contributed by atoms with E-state index < -0.39 is 30.4 Å². The molecule has 0 saturated carbocycles. The Morgan fingerprint density at radius 1 is 1.09 bits per heavy atom. The lowest BCUT2D eigenvalue weighted by molar-refractivity contribution is -0.139. The summed E-state index contributed by atoms with van der Waals surface area (Å²) in [6, 6.07) is 14.6. The molecule has 2 amide bonds. The molecule has 34 heavy (non-hydrogen) atoms. The Bertz CT molecular complexity index is 1160. The lowest BCUT2D eigenvalue weighted by Crippen LogP contribution is -2.48. The van der Waals surface area contributed by atoms with Crippen LogP contribution in [0.2, 0.25) is 0 Å². The molecule has 1 aliphatic carbocycles. The van der Waals surface area contributed by atoms with Gasteiger partial charge in [-0.2, -0.15) is 5.10 Å². The van der Waals surface area contributed by atoms with Crippen LogP contribution in [0.3, 0.4) is 0 Å². The highest BCUT2D eigenvalue weighted by Gasteiger charge is 2.30. The molecule has 0 spiro atoms. The summed E-state index contributed by atoms with van der Waals surface area (Å²) in [5, 5.41) is 18.4. The molecule has 9 nitrogen and oxygen atoms in total. The molecule has 3 aromatic rings. The summed E-state index contributed by atoms with van der Waals surface area (Å²) in [6.45, 7) is 2.87. The first kappa shape index (κ1) is 23.0. The lowest BCUT2D eigenvalue weighted by Gasteiger charge is -2.18. The lowest BCUT2D eigenvalue weighted by atomic mass is 9.98. The van der Waals surface area contributed by atoms with Gasteiger partial charge in [-0.05, 0) is 29.2 Å². The van der Waals surface area contributed by atoms with E-state index in [1.54, 1.807) is 17.1 Å². The number of ether oxygens (including phenoxy) is 1. The van der Waals surface area contributed by atoms with Crippen molar-refractivity contribution < 1.29 is 24.2 Å². The van der Waals surface area contributed by atoms with E-state index in [4.69, 9.17) is 4.74 Å². The van der Waals surface area contributed by atoms with E-state index in [1.165, 1.54) is 0 Å². The molecule has 1 atom stereocenters. The van der Waals surface area contributed by atoms with Crippen LogP contribution in [-0.2, 0) is 27.4 Å². The average Bonchev–Trinajstić information content (AvgIpc) is 3.43. The fourth-order valence-corrected chi connectivity index (χ4v) is 4.15. The van der Waals surface area contributed by atoms with Gasteiger partial charge in [-0.25, -0.2) is 4.79 Å². The second-order valence-electron chi connectivity index (χ2n) is 8.04. The minimum Gasteiger partial charge on any atom is -0.481 e. The second-order valence-corrected chi connectivity index (χ2v) is 8.04. The number of benzene rings is 2. The minimum absolute atomic E-state index is 0.0669. The van der Waals surface area contributed by atoms with Crippen molar-refractivity contribution in [3.63, 3.8) is 0 Å². The van der Waals surface area contributed by atoms with E-state index >= 15 is 0 Å². The average molecular weight is 463 g/mol. The normalized spacial score (nSPS) is 13.0. The number of carbonyl (C=O) groups excluding carboxylic acids is 2. The summed E-state index contributed by atoms with van der Waals surface area (Å²) in [6.07, 6.45) is 1.99. The van der Waals surface area contributed by atoms with Crippen LogP contribution in [0.1, 0.15) is 36.0 Å². The van der Waals surface area contributed by atoms with E-state index in [-0.39, 0.29) is 19.1 Å². The minimum atomic E-state index is -1.27. The molecule has 0 aliphatic heterocycles. The highest BCUT2D eigenvalue weighted by atomic mass is 16.5. The van der Waals surface area contributed by atoms with E-state index in [9.17, 15) is 19.5 Å². The Labute approximate surface area is 196 Å². The van der Waals surface area contributed by atoms with Gasteiger partial charge < -0.3 is 20.5 Å². The van der Waals surface area contributed by atoms with Gasteiger partial charge in [0.05, 0.1) is 12.6 Å². The van der Waals surface area contributed by atoms with Crippen molar-refractivity contribution in [2.24, 2.45) is 0 Å². The molecule has 1 aromatic heterocycles. The van der Waals surface area contributed by atoms with Crippen molar-refractivity contribution in [2.75, 3.05) is 6.61 Å². The molecule has 2 aromatic carbocycles. The summed E-state index contributed by atoms with van der Waals surface area (Å²) in [7, 11) is 0. The third-order valence-electron chi connectivity index (χ3n) is 5.81. The fraction of sp³-hybridized carbons (Fsp3) is 0.280. The molecule has 1 unspecified atom stereocenters. The topological polar surface area (TPSA) is 123 Å². The van der Waals surface area contributed by atoms with Crippen LogP contribution in [0.4, 0.5) is 4.79 Å². The molecule has 0 saturated heterocycles. The molecule has 0 radical (unpaired) electrons. The number of nitrogens with one attached hydrogen (secondary N) is 2. The van der Waals surface area contributed by atoms with Gasteiger partial charge in [-0.3, -0.25) is 14.3 Å². The van der Waals surface area contributed by atoms with Crippen LogP contribution in [-0.4, -0.2) is 45.5 Å². The molecule has 9 heteroatoms. The first-order valence-corrected chi connectivity index (χ1v) is 11.1. The zero-order valence-corrected chi connectivity index (χ0v) is 18.7. The molecule has 4 rings (SSSR count). The third-order valence-corrected chi connectivity index (χ3v) is 5.81. The summed E-state index contributed by atoms with van der Waals surface area (Å²) >= 11 is 0. The Hall–Kier alpha value is -4.14. The second kappa shape index (κ2) is 10.2. The molecular weight excluding hydrogens is 436 g/mol. The molecule has 0 fully saturated rings. The predicted octanol–water partition coefficient (Wildman–Crippen LogP) is 2.90. The van der Waals surface area contributed by atoms with Crippen LogP contribution in [0, 0.1) is 0 Å². The van der Waals surface area contributed by atoms with Crippen molar-refractivity contribution >= 4 is 18.0 Å². The van der Waals surface area contributed by atoms with Gasteiger partial charge in [0.15, 0.2) is 0 Å². The van der Waals surface area contributed by atoms with Crippen molar-refractivity contribution in [1.82, 2.24) is 20.4 Å². The molecule has 1 aliphatic rings. The number of hydrogen-bond acceptors (Lipinski definition) is 5. The number of aliphatic carboxylic acids is 1.